The van der Waals surface area contributed by atoms with Gasteiger partial charge in [-0.3, -0.25) is 4.79 Å². The molecule has 160 valence electrons. The summed E-state index contributed by atoms with van der Waals surface area (Å²) in [6.45, 7) is 4.28. The fraction of sp³-hybridized carbons (Fsp3) is 0.375. The van der Waals surface area contributed by atoms with E-state index in [1.54, 1.807) is 20.3 Å². The Morgan fingerprint density at radius 3 is 2.57 bits per heavy atom. The number of carbonyl (C=O) groups excluding carboxylic acids is 1. The Morgan fingerprint density at radius 2 is 1.97 bits per heavy atom. The monoisotopic (exact) mass is 426 g/mol. The van der Waals surface area contributed by atoms with E-state index in [0.29, 0.717) is 20.1 Å². The summed E-state index contributed by atoms with van der Waals surface area (Å²) in [6.07, 6.45) is 10.5. The number of hydrogen-bond acceptors (Lipinski definition) is 5. The van der Waals surface area contributed by atoms with Gasteiger partial charge in [0.1, 0.15) is 6.29 Å². The molecule has 0 aromatic heterocycles. The van der Waals surface area contributed by atoms with Crippen molar-refractivity contribution in [1.82, 2.24) is 9.80 Å². The molecule has 0 aliphatic carbocycles. The molecule has 0 N–H and O–H groups in total. The number of likely N-dealkylation sites (N-methyl/N-ethyl adjacent to an activating group) is 2. The van der Waals surface area contributed by atoms with Crippen molar-refractivity contribution in [2.75, 3.05) is 41.4 Å². The van der Waals surface area contributed by atoms with E-state index >= 15 is 0 Å². The number of allylic oxidation sites excluding steroid dienone is 3. The highest BCUT2D eigenvalue weighted by Crippen LogP contribution is 2.45. The van der Waals surface area contributed by atoms with Gasteiger partial charge in [-0.1, -0.05) is 26.8 Å². The third-order valence-corrected chi connectivity index (χ3v) is 7.47. The van der Waals surface area contributed by atoms with Gasteiger partial charge in [-0.05, 0) is 66.2 Å². The van der Waals surface area contributed by atoms with Gasteiger partial charge in [-0.25, -0.2) is 0 Å². The van der Waals surface area contributed by atoms with E-state index in [4.69, 9.17) is 9.47 Å². The number of ether oxygens (including phenoxy) is 2. The number of nitrogens with zero attached hydrogens (tertiary/aromatic N) is 2. The first-order valence-electron chi connectivity index (χ1n) is 10.1. The van der Waals surface area contributed by atoms with Gasteiger partial charge in [-0.2, -0.15) is 0 Å². The van der Waals surface area contributed by atoms with Crippen molar-refractivity contribution in [1.29, 1.82) is 0 Å². The van der Waals surface area contributed by atoms with Crippen LogP contribution in [0.15, 0.2) is 59.3 Å². The Kier molecular flexibility index (Phi) is 7.52. The maximum Gasteiger partial charge on any atom is 0.161 e. The van der Waals surface area contributed by atoms with E-state index in [2.05, 4.69) is 49.2 Å². The fourth-order valence-corrected chi connectivity index (χ4v) is 5.22. The highest BCUT2D eigenvalue weighted by molar-refractivity contribution is 7.51. The second-order valence-corrected chi connectivity index (χ2v) is 9.09. The molecule has 2 heterocycles. The molecule has 2 atom stereocenters. The van der Waals surface area contributed by atoms with Gasteiger partial charge in [0.25, 0.3) is 0 Å². The zero-order chi connectivity index (χ0) is 21.7. The molecule has 0 amide bonds. The van der Waals surface area contributed by atoms with Crippen LogP contribution in [0, 0.1) is 0 Å². The first-order chi connectivity index (χ1) is 14.5. The van der Waals surface area contributed by atoms with Crippen LogP contribution in [0.4, 0.5) is 0 Å². The molecule has 1 aromatic rings. The smallest absolute Gasteiger partial charge is 0.161 e. The number of methoxy groups -OCH3 is 2. The number of benzene rings is 1. The van der Waals surface area contributed by atoms with Crippen LogP contribution in [-0.2, 0) is 4.79 Å². The van der Waals surface area contributed by atoms with Crippen LogP contribution < -0.4 is 9.47 Å². The molecule has 1 aromatic carbocycles. The number of aldehydes is 1. The van der Waals surface area contributed by atoms with Gasteiger partial charge in [0, 0.05) is 26.3 Å². The Balaban J connectivity index is 1.83. The van der Waals surface area contributed by atoms with Crippen molar-refractivity contribution in [3.63, 3.8) is 0 Å². The number of carbonyl (C=O) groups is 1. The summed E-state index contributed by atoms with van der Waals surface area (Å²) in [6, 6.07) is 5.80. The lowest BCUT2D eigenvalue weighted by molar-refractivity contribution is -0.104. The predicted octanol–water partition coefficient (Wildman–Crippen LogP) is 4.29. The first kappa shape index (κ1) is 22.3. The molecule has 0 radical (unpaired) electrons. The van der Waals surface area contributed by atoms with Gasteiger partial charge < -0.3 is 19.3 Å². The number of rotatable bonds is 7. The zero-order valence-electron chi connectivity index (χ0n) is 18.4. The molecule has 2 unspecified atom stereocenters. The summed E-state index contributed by atoms with van der Waals surface area (Å²) in [5, 5.41) is 1.01. The van der Waals surface area contributed by atoms with Crippen molar-refractivity contribution in [3.8, 4) is 11.5 Å². The molecule has 0 fully saturated rings. The van der Waals surface area contributed by atoms with Gasteiger partial charge in [0.05, 0.1) is 20.0 Å². The molecule has 0 bridgehead atoms. The van der Waals surface area contributed by atoms with Crippen LogP contribution in [0.2, 0.25) is 0 Å². The standard InChI is InChI=1S/C24H31N2O3P/c1-17-14-20(18-8-11-25(2)12-9-18)16-26(3)24(17)30-23(10-13-27)19-6-7-21(28-4)22(15-19)29-5/h6-8,10,13-16,24,30H,9,11-12H2,1-5H3/b23-10-. The van der Waals surface area contributed by atoms with E-state index in [-0.39, 0.29) is 5.78 Å². The van der Waals surface area contributed by atoms with Gasteiger partial charge >= 0.3 is 0 Å². The summed E-state index contributed by atoms with van der Waals surface area (Å²) in [5.74, 6) is 1.57. The Bertz CT molecular complexity index is 917. The van der Waals surface area contributed by atoms with Gasteiger partial charge in [-0.15, -0.1) is 0 Å². The summed E-state index contributed by atoms with van der Waals surface area (Å²) in [7, 11) is 7.95. The van der Waals surface area contributed by atoms with Crippen LogP contribution in [0.1, 0.15) is 18.9 Å². The largest absolute Gasteiger partial charge is 0.493 e. The normalized spacial score (nSPS) is 20.7. The lowest BCUT2D eigenvalue weighted by atomic mass is 9.96. The molecule has 2 aliphatic rings. The van der Waals surface area contributed by atoms with E-state index in [1.807, 2.05) is 18.2 Å². The van der Waals surface area contributed by atoms with Crippen LogP contribution in [0.25, 0.3) is 5.31 Å². The van der Waals surface area contributed by atoms with Gasteiger partial charge in [0.2, 0.25) is 0 Å². The number of hydrogen-bond donors (Lipinski definition) is 0. The van der Waals surface area contributed by atoms with Crippen molar-refractivity contribution in [2.45, 2.75) is 19.1 Å². The SMILES string of the molecule is COc1ccc(/C(=C/C=O)PC2C(C)=CC(C3=CCN(C)CC3)=CN2C)cc1OC. The molecule has 30 heavy (non-hydrogen) atoms. The topological polar surface area (TPSA) is 42.0 Å². The van der Waals surface area contributed by atoms with E-state index < -0.39 is 0 Å². The van der Waals surface area contributed by atoms with Crippen molar-refractivity contribution >= 4 is 20.2 Å². The third-order valence-electron chi connectivity index (χ3n) is 5.57. The summed E-state index contributed by atoms with van der Waals surface area (Å²) < 4.78 is 10.8. The maximum absolute atomic E-state index is 11.4. The quantitative estimate of drug-likeness (QED) is 0.370. The highest BCUT2D eigenvalue weighted by atomic mass is 31.1. The highest BCUT2D eigenvalue weighted by Gasteiger charge is 2.23. The van der Waals surface area contributed by atoms with Crippen LogP contribution in [0.3, 0.4) is 0 Å². The second-order valence-electron chi connectivity index (χ2n) is 7.71. The third kappa shape index (κ3) is 5.03. The molecule has 2 aliphatic heterocycles. The molecule has 3 rings (SSSR count). The van der Waals surface area contributed by atoms with Gasteiger partial charge in [0.15, 0.2) is 11.5 Å². The first-order valence-corrected chi connectivity index (χ1v) is 11.2. The molecule has 0 saturated heterocycles. The van der Waals surface area contributed by atoms with E-state index in [1.165, 1.54) is 16.7 Å². The fourth-order valence-electron chi connectivity index (χ4n) is 3.85. The summed E-state index contributed by atoms with van der Waals surface area (Å²) in [5.41, 5.74) is 5.01. The molecule has 5 nitrogen and oxygen atoms in total. The Labute approximate surface area is 181 Å². The summed E-state index contributed by atoms with van der Waals surface area (Å²) >= 11 is 0. The molecule has 6 heteroatoms. The van der Waals surface area contributed by atoms with Crippen molar-refractivity contribution in [3.05, 3.63) is 64.9 Å². The second kappa shape index (κ2) is 10.1. The van der Waals surface area contributed by atoms with E-state index in [0.717, 1.165) is 36.7 Å². The lowest BCUT2D eigenvalue weighted by Crippen LogP contribution is -2.29. The van der Waals surface area contributed by atoms with Crippen molar-refractivity contribution < 1.29 is 14.3 Å². The van der Waals surface area contributed by atoms with Crippen LogP contribution in [-0.4, -0.2) is 63.3 Å². The maximum atomic E-state index is 11.4. The average molecular weight is 426 g/mol. The van der Waals surface area contributed by atoms with Crippen molar-refractivity contribution in [2.24, 2.45) is 0 Å². The molecule has 0 spiro atoms. The minimum Gasteiger partial charge on any atom is -0.493 e. The molecular weight excluding hydrogens is 395 g/mol. The minimum absolute atomic E-state index is 0.222. The Morgan fingerprint density at radius 1 is 1.20 bits per heavy atom. The summed E-state index contributed by atoms with van der Waals surface area (Å²) in [4.78, 5) is 16.0. The lowest BCUT2D eigenvalue weighted by Gasteiger charge is -2.34. The Hall–Kier alpha value is -2.36. The zero-order valence-corrected chi connectivity index (χ0v) is 19.4. The van der Waals surface area contributed by atoms with E-state index in [9.17, 15) is 4.79 Å². The van der Waals surface area contributed by atoms with Crippen LogP contribution >= 0.6 is 8.58 Å². The van der Waals surface area contributed by atoms with Crippen LogP contribution in [0.5, 0.6) is 11.5 Å². The minimum atomic E-state index is 0.222. The molecular formula is C24H31N2O3P. The molecule has 0 saturated carbocycles. The predicted molar refractivity (Wildman–Crippen MR) is 125 cm³/mol. The average Bonchev–Trinajstić information content (AvgIpc) is 2.75.